The average molecular weight is 638 g/mol. The number of carbonyl (C=O) groups excluding carboxylic acids is 3. The van der Waals surface area contributed by atoms with E-state index in [1.807, 2.05) is 60.7 Å². The van der Waals surface area contributed by atoms with Crippen LogP contribution in [0.25, 0.3) is 21.5 Å². The predicted octanol–water partition coefficient (Wildman–Crippen LogP) is 7.47. The van der Waals surface area contributed by atoms with Crippen LogP contribution < -0.4 is 18.9 Å². The van der Waals surface area contributed by atoms with Crippen molar-refractivity contribution in [2.75, 3.05) is 7.11 Å². The van der Waals surface area contributed by atoms with E-state index in [4.69, 9.17) is 23.7 Å². The zero-order valence-electron chi connectivity index (χ0n) is 25.6. The molecule has 1 aliphatic heterocycles. The maximum Gasteiger partial charge on any atom is 0.519 e. The van der Waals surface area contributed by atoms with Crippen LogP contribution in [0.2, 0.25) is 0 Å². The van der Waals surface area contributed by atoms with Gasteiger partial charge >= 0.3 is 18.1 Å². The van der Waals surface area contributed by atoms with Crippen molar-refractivity contribution in [1.82, 2.24) is 0 Å². The number of benzene rings is 6. The molecule has 0 amide bonds. The maximum atomic E-state index is 14.0. The first-order valence-electron chi connectivity index (χ1n) is 15.0. The number of ether oxygens (including phenoxy) is 5. The first kappa shape index (κ1) is 30.2. The number of carbonyl (C=O) groups is 3. The molecule has 0 aliphatic carbocycles. The van der Waals surface area contributed by atoms with Gasteiger partial charge in [-0.1, -0.05) is 84.9 Å². The molecule has 1 heterocycles. The molecule has 0 bridgehead atoms. The summed E-state index contributed by atoms with van der Waals surface area (Å²) < 4.78 is 27.6. The highest BCUT2D eigenvalue weighted by Gasteiger charge is 2.54. The van der Waals surface area contributed by atoms with Gasteiger partial charge in [0, 0.05) is 22.8 Å². The number of methoxy groups -OCH3 is 1. The molecule has 6 aromatic rings. The van der Waals surface area contributed by atoms with Crippen LogP contribution in [-0.2, 0) is 20.7 Å². The third-order valence-electron chi connectivity index (χ3n) is 7.97. The van der Waals surface area contributed by atoms with Crippen molar-refractivity contribution in [3.05, 3.63) is 145 Å². The Morgan fingerprint density at radius 1 is 0.646 bits per heavy atom. The molecular formula is C39H27NO8. The molecule has 6 aromatic carbocycles. The molecule has 0 radical (unpaired) electrons. The molecule has 0 aromatic heterocycles. The highest BCUT2D eigenvalue weighted by Crippen LogP contribution is 2.33. The molecule has 1 aliphatic rings. The van der Waals surface area contributed by atoms with Gasteiger partial charge in [0.05, 0.1) is 7.11 Å². The Morgan fingerprint density at radius 3 is 1.83 bits per heavy atom. The van der Waals surface area contributed by atoms with Gasteiger partial charge in [-0.05, 0) is 64.9 Å². The molecule has 0 saturated carbocycles. The molecule has 1 unspecified atom stereocenters. The fourth-order valence-electron chi connectivity index (χ4n) is 5.52. The molecule has 1 atom stereocenters. The van der Waals surface area contributed by atoms with E-state index in [2.05, 4.69) is 4.99 Å². The number of rotatable bonds is 8. The summed E-state index contributed by atoms with van der Waals surface area (Å²) in [5.41, 5.74) is -1.03. The van der Waals surface area contributed by atoms with Gasteiger partial charge in [-0.25, -0.2) is 19.4 Å². The maximum absolute atomic E-state index is 14.0. The van der Waals surface area contributed by atoms with E-state index < -0.39 is 23.6 Å². The summed E-state index contributed by atoms with van der Waals surface area (Å²) in [6, 6.07) is 38.8. The van der Waals surface area contributed by atoms with E-state index in [9.17, 15) is 14.4 Å². The smallest absolute Gasteiger partial charge is 0.497 e. The predicted molar refractivity (Wildman–Crippen MR) is 179 cm³/mol. The second kappa shape index (κ2) is 12.7. The SMILES string of the molecule is COc1ccc(C2=NC(Cc3ccc(OC(=O)Oc4cccc5ccccc45)cc3)(C(=O)Oc3cccc4ccccc34)C(=O)O2)cc1. The Bertz CT molecular complexity index is 2200. The van der Waals surface area contributed by atoms with Gasteiger partial charge in [0.25, 0.3) is 5.54 Å². The summed E-state index contributed by atoms with van der Waals surface area (Å²) in [5, 5.41) is 3.25. The average Bonchev–Trinajstić information content (AvgIpc) is 3.45. The molecular weight excluding hydrogens is 610 g/mol. The molecule has 0 fully saturated rings. The van der Waals surface area contributed by atoms with Gasteiger partial charge in [0.1, 0.15) is 23.0 Å². The van der Waals surface area contributed by atoms with Crippen LogP contribution in [0.1, 0.15) is 11.1 Å². The monoisotopic (exact) mass is 637 g/mol. The molecule has 9 heteroatoms. The number of hydrogen-bond acceptors (Lipinski definition) is 9. The largest absolute Gasteiger partial charge is 0.519 e. The molecule has 0 N–H and O–H groups in total. The number of nitrogens with zero attached hydrogens (tertiary/aromatic N) is 1. The second-order valence-electron chi connectivity index (χ2n) is 11.0. The second-order valence-corrected chi connectivity index (χ2v) is 11.0. The van der Waals surface area contributed by atoms with Crippen LogP contribution in [0.5, 0.6) is 23.0 Å². The Kier molecular flexibility index (Phi) is 8.00. The lowest BCUT2D eigenvalue weighted by atomic mass is 9.91. The van der Waals surface area contributed by atoms with Gasteiger partial charge in [-0.3, -0.25) is 0 Å². The van der Waals surface area contributed by atoms with Crippen molar-refractivity contribution < 1.29 is 38.1 Å². The number of hydrogen-bond donors (Lipinski definition) is 0. The third kappa shape index (κ3) is 5.92. The van der Waals surface area contributed by atoms with Gasteiger partial charge in [0.15, 0.2) is 0 Å². The van der Waals surface area contributed by atoms with Crippen molar-refractivity contribution in [2.45, 2.75) is 12.0 Å². The van der Waals surface area contributed by atoms with Crippen LogP contribution in [0.3, 0.4) is 0 Å². The van der Waals surface area contributed by atoms with Gasteiger partial charge in [-0.15, -0.1) is 0 Å². The minimum Gasteiger partial charge on any atom is -0.497 e. The van der Waals surface area contributed by atoms with Crippen LogP contribution >= 0.6 is 0 Å². The minimum atomic E-state index is -2.05. The van der Waals surface area contributed by atoms with E-state index in [1.165, 1.54) is 12.1 Å². The Hall–Kier alpha value is -6.48. The standard InChI is InChI=1S/C39H27NO8/c1-44-29-22-18-28(19-23-29)35-40-39(37(42)48-35,36(41)46-33-14-6-10-26-8-2-4-12-31(26)33)24-25-16-20-30(21-17-25)45-38(43)47-34-15-7-11-27-9-3-5-13-32(27)34/h2-23H,24H2,1H3. The first-order valence-corrected chi connectivity index (χ1v) is 15.0. The number of cyclic esters (lactones) is 1. The van der Waals surface area contributed by atoms with E-state index in [0.29, 0.717) is 28.0 Å². The van der Waals surface area contributed by atoms with Crippen LogP contribution in [0, 0.1) is 0 Å². The lowest BCUT2D eigenvalue weighted by Gasteiger charge is -2.21. The van der Waals surface area contributed by atoms with Crippen LogP contribution in [0.4, 0.5) is 4.79 Å². The van der Waals surface area contributed by atoms with Crippen LogP contribution in [-0.4, -0.2) is 36.6 Å². The molecule has 48 heavy (non-hydrogen) atoms. The summed E-state index contributed by atoms with van der Waals surface area (Å²) >= 11 is 0. The summed E-state index contributed by atoms with van der Waals surface area (Å²) in [6.07, 6.45) is -1.10. The first-order chi connectivity index (χ1) is 23.4. The van der Waals surface area contributed by atoms with Crippen molar-refractivity contribution in [1.29, 1.82) is 0 Å². The molecule has 7 rings (SSSR count). The van der Waals surface area contributed by atoms with Gasteiger partial charge < -0.3 is 23.7 Å². The normalized spacial score (nSPS) is 15.4. The van der Waals surface area contributed by atoms with Gasteiger partial charge in [0.2, 0.25) is 5.90 Å². The highest BCUT2D eigenvalue weighted by atomic mass is 16.7. The Labute approximate surface area is 274 Å². The Morgan fingerprint density at radius 2 is 1.21 bits per heavy atom. The van der Waals surface area contributed by atoms with E-state index in [1.54, 1.807) is 67.8 Å². The summed E-state index contributed by atoms with van der Waals surface area (Å²) in [7, 11) is 1.54. The summed E-state index contributed by atoms with van der Waals surface area (Å²) in [6.45, 7) is 0. The molecule has 9 nitrogen and oxygen atoms in total. The third-order valence-corrected chi connectivity index (χ3v) is 7.97. The van der Waals surface area contributed by atoms with E-state index in [-0.39, 0.29) is 23.8 Å². The highest BCUT2D eigenvalue weighted by molar-refractivity contribution is 6.18. The fraction of sp³-hybridized carbons (Fsp3) is 0.0769. The minimum absolute atomic E-state index is 0.0198. The zero-order valence-corrected chi connectivity index (χ0v) is 25.6. The van der Waals surface area contributed by atoms with Crippen molar-refractivity contribution in [2.24, 2.45) is 4.99 Å². The van der Waals surface area contributed by atoms with E-state index >= 15 is 0 Å². The zero-order chi connectivity index (χ0) is 33.1. The van der Waals surface area contributed by atoms with Gasteiger partial charge in [-0.2, -0.15) is 0 Å². The molecule has 0 saturated heterocycles. The summed E-state index contributed by atoms with van der Waals surface area (Å²) in [4.78, 5) is 44.9. The van der Waals surface area contributed by atoms with Crippen LogP contribution in [0.15, 0.2) is 138 Å². The Balaban J connectivity index is 1.15. The topological polar surface area (TPSA) is 110 Å². The molecule has 0 spiro atoms. The lowest BCUT2D eigenvalue weighted by molar-refractivity contribution is -0.151. The van der Waals surface area contributed by atoms with E-state index in [0.717, 1.165) is 16.2 Å². The van der Waals surface area contributed by atoms with Crippen molar-refractivity contribution in [3.8, 4) is 23.0 Å². The molecule has 236 valence electrons. The number of fused-ring (bicyclic) bond motifs is 2. The van der Waals surface area contributed by atoms with Crippen molar-refractivity contribution in [3.63, 3.8) is 0 Å². The number of aliphatic imine (C=N–C) groups is 1. The summed E-state index contributed by atoms with van der Waals surface area (Å²) in [5.74, 6) is -0.336. The van der Waals surface area contributed by atoms with Crippen molar-refractivity contribution >= 4 is 45.5 Å². The lowest BCUT2D eigenvalue weighted by Crippen LogP contribution is -2.47. The number of esters is 2. The quantitative estimate of drug-likeness (QED) is 0.0732. The fourth-order valence-corrected chi connectivity index (χ4v) is 5.52.